The van der Waals surface area contributed by atoms with E-state index in [-0.39, 0.29) is 58.0 Å². The molecule has 0 amide bonds. The standard InChI is InChI=1S/C27H46O6/c1-13(2)25(33)21(31)8-14(3)23-20(30)11-17-16-10-19(29)18-9-15(28)6-7-26(18,4)24(16)22(32)12-27(17,23)5/h13-18,20-25,28,30-33H,6-12H2,1-5H3. The molecular weight excluding hydrogens is 420 g/mol. The van der Waals surface area contributed by atoms with Crippen LogP contribution in [0.4, 0.5) is 0 Å². The Kier molecular flexibility index (Phi) is 6.85. The molecule has 6 heteroatoms. The van der Waals surface area contributed by atoms with Crippen LogP contribution in [0.3, 0.4) is 0 Å². The molecule has 33 heavy (non-hydrogen) atoms. The van der Waals surface area contributed by atoms with Crippen molar-refractivity contribution in [3.8, 4) is 0 Å². The number of Topliss-reactive ketones (excluding diaryl/α,β-unsaturated/α-hetero) is 1. The van der Waals surface area contributed by atoms with E-state index in [4.69, 9.17) is 0 Å². The van der Waals surface area contributed by atoms with Crippen molar-refractivity contribution in [3.63, 3.8) is 0 Å². The lowest BCUT2D eigenvalue weighted by atomic mass is 9.43. The molecule has 13 unspecified atom stereocenters. The molecule has 4 saturated carbocycles. The molecular formula is C27H46O6. The normalized spacial score (nSPS) is 50.3. The molecule has 0 aromatic rings. The fraction of sp³-hybridized carbons (Fsp3) is 0.963. The van der Waals surface area contributed by atoms with Gasteiger partial charge < -0.3 is 25.5 Å². The van der Waals surface area contributed by atoms with Gasteiger partial charge in [0, 0.05) is 12.3 Å². The van der Waals surface area contributed by atoms with Gasteiger partial charge in [-0.3, -0.25) is 4.79 Å². The lowest BCUT2D eigenvalue weighted by molar-refractivity contribution is -0.185. The Morgan fingerprint density at radius 1 is 1.00 bits per heavy atom. The Labute approximate surface area is 198 Å². The highest BCUT2D eigenvalue weighted by Gasteiger charge is 2.66. The van der Waals surface area contributed by atoms with Gasteiger partial charge in [0.15, 0.2) is 0 Å². The first-order chi connectivity index (χ1) is 15.3. The molecule has 0 aliphatic heterocycles. The van der Waals surface area contributed by atoms with Crippen molar-refractivity contribution >= 4 is 5.78 Å². The molecule has 190 valence electrons. The summed E-state index contributed by atoms with van der Waals surface area (Å²) in [6.07, 6.45) is 0.826. The fourth-order valence-electron chi connectivity index (χ4n) is 9.35. The van der Waals surface area contributed by atoms with Crippen LogP contribution in [0.15, 0.2) is 0 Å². The maximum Gasteiger partial charge on any atom is 0.136 e. The van der Waals surface area contributed by atoms with Crippen LogP contribution in [-0.4, -0.2) is 61.8 Å². The molecule has 4 aliphatic rings. The number of hydrogen-bond acceptors (Lipinski definition) is 6. The molecule has 0 heterocycles. The van der Waals surface area contributed by atoms with Gasteiger partial charge in [0.1, 0.15) is 5.78 Å². The molecule has 0 aromatic heterocycles. The van der Waals surface area contributed by atoms with Crippen molar-refractivity contribution in [3.05, 3.63) is 0 Å². The van der Waals surface area contributed by atoms with E-state index in [0.717, 1.165) is 6.42 Å². The summed E-state index contributed by atoms with van der Waals surface area (Å²) in [6, 6.07) is 0. The Bertz CT molecular complexity index is 740. The van der Waals surface area contributed by atoms with Crippen LogP contribution in [0.25, 0.3) is 0 Å². The van der Waals surface area contributed by atoms with Crippen LogP contribution in [0.1, 0.15) is 79.6 Å². The summed E-state index contributed by atoms with van der Waals surface area (Å²) in [6.45, 7) is 10.1. The Balaban J connectivity index is 1.60. The van der Waals surface area contributed by atoms with Gasteiger partial charge in [-0.1, -0.05) is 34.6 Å². The molecule has 6 nitrogen and oxygen atoms in total. The molecule has 4 rings (SSSR count). The van der Waals surface area contributed by atoms with E-state index in [9.17, 15) is 30.3 Å². The lowest BCUT2D eigenvalue weighted by Gasteiger charge is -2.61. The van der Waals surface area contributed by atoms with Crippen molar-refractivity contribution < 1.29 is 30.3 Å². The van der Waals surface area contributed by atoms with E-state index in [1.165, 1.54) is 0 Å². The smallest absolute Gasteiger partial charge is 0.136 e. The van der Waals surface area contributed by atoms with Crippen LogP contribution >= 0.6 is 0 Å². The average molecular weight is 467 g/mol. The Hall–Kier alpha value is -0.530. The van der Waals surface area contributed by atoms with Gasteiger partial charge in [-0.2, -0.15) is 0 Å². The highest BCUT2D eigenvalue weighted by molar-refractivity contribution is 5.83. The highest BCUT2D eigenvalue weighted by atomic mass is 16.3. The number of rotatable bonds is 5. The third-order valence-corrected chi connectivity index (χ3v) is 10.8. The van der Waals surface area contributed by atoms with Crippen LogP contribution in [0, 0.1) is 52.3 Å². The van der Waals surface area contributed by atoms with Crippen molar-refractivity contribution in [2.24, 2.45) is 52.3 Å². The third kappa shape index (κ3) is 4.02. The Morgan fingerprint density at radius 2 is 1.67 bits per heavy atom. The van der Waals surface area contributed by atoms with E-state index in [2.05, 4.69) is 13.8 Å². The zero-order valence-corrected chi connectivity index (χ0v) is 21.0. The first kappa shape index (κ1) is 25.6. The summed E-state index contributed by atoms with van der Waals surface area (Å²) in [5.74, 6) is 0.0775. The fourth-order valence-corrected chi connectivity index (χ4v) is 9.35. The monoisotopic (exact) mass is 466 g/mol. The quantitative estimate of drug-likeness (QED) is 0.425. The molecule has 13 atom stereocenters. The van der Waals surface area contributed by atoms with Gasteiger partial charge in [-0.05, 0) is 84.9 Å². The number of carbonyl (C=O) groups is 1. The van der Waals surface area contributed by atoms with Gasteiger partial charge in [0.05, 0.1) is 30.5 Å². The molecule has 0 saturated heterocycles. The minimum absolute atomic E-state index is 0.0142. The van der Waals surface area contributed by atoms with Crippen molar-refractivity contribution in [2.45, 2.75) is 110 Å². The SMILES string of the molecule is CC(C)C(O)C(O)CC(C)C1C(O)CC2C3CC(=O)C4CC(O)CCC4(C)C3C(O)CC21C. The maximum absolute atomic E-state index is 13.3. The molecule has 0 radical (unpaired) electrons. The lowest BCUT2D eigenvalue weighted by Crippen LogP contribution is -2.61. The van der Waals surface area contributed by atoms with E-state index in [1.54, 1.807) is 0 Å². The average Bonchev–Trinajstić information content (AvgIpc) is 2.98. The summed E-state index contributed by atoms with van der Waals surface area (Å²) in [5, 5.41) is 53.9. The number of aliphatic hydroxyl groups is 5. The van der Waals surface area contributed by atoms with Crippen LogP contribution in [-0.2, 0) is 4.79 Å². The van der Waals surface area contributed by atoms with Gasteiger partial charge in [-0.15, -0.1) is 0 Å². The second-order valence-corrected chi connectivity index (χ2v) is 13.1. The summed E-state index contributed by atoms with van der Waals surface area (Å²) in [7, 11) is 0. The zero-order valence-electron chi connectivity index (χ0n) is 21.0. The number of carbonyl (C=O) groups excluding carboxylic acids is 1. The minimum Gasteiger partial charge on any atom is -0.393 e. The third-order valence-electron chi connectivity index (χ3n) is 10.8. The van der Waals surface area contributed by atoms with Gasteiger partial charge >= 0.3 is 0 Å². The molecule has 0 aromatic carbocycles. The Morgan fingerprint density at radius 3 is 2.30 bits per heavy atom. The van der Waals surface area contributed by atoms with E-state index >= 15 is 0 Å². The first-order valence-corrected chi connectivity index (χ1v) is 13.2. The molecule has 5 N–H and O–H groups in total. The summed E-state index contributed by atoms with van der Waals surface area (Å²) in [5.41, 5.74) is -0.619. The number of aliphatic hydroxyl groups excluding tert-OH is 5. The van der Waals surface area contributed by atoms with Crippen molar-refractivity contribution in [2.75, 3.05) is 0 Å². The minimum atomic E-state index is -0.847. The summed E-state index contributed by atoms with van der Waals surface area (Å²) >= 11 is 0. The molecule has 0 bridgehead atoms. The topological polar surface area (TPSA) is 118 Å². The summed E-state index contributed by atoms with van der Waals surface area (Å²) in [4.78, 5) is 13.3. The van der Waals surface area contributed by atoms with Crippen molar-refractivity contribution in [1.82, 2.24) is 0 Å². The van der Waals surface area contributed by atoms with E-state index in [1.807, 2.05) is 20.8 Å². The largest absolute Gasteiger partial charge is 0.393 e. The predicted octanol–water partition coefficient (Wildman–Crippen LogP) is 2.53. The van der Waals surface area contributed by atoms with Crippen molar-refractivity contribution in [1.29, 1.82) is 0 Å². The van der Waals surface area contributed by atoms with E-state index in [0.29, 0.717) is 38.5 Å². The summed E-state index contributed by atoms with van der Waals surface area (Å²) < 4.78 is 0. The van der Waals surface area contributed by atoms with Crippen LogP contribution < -0.4 is 0 Å². The number of hydrogen-bond donors (Lipinski definition) is 5. The second kappa shape index (κ2) is 8.85. The molecule has 4 fully saturated rings. The second-order valence-electron chi connectivity index (χ2n) is 13.1. The molecule has 4 aliphatic carbocycles. The maximum atomic E-state index is 13.3. The number of fused-ring (bicyclic) bond motifs is 5. The predicted molar refractivity (Wildman–Crippen MR) is 125 cm³/mol. The zero-order chi connectivity index (χ0) is 24.5. The highest BCUT2D eigenvalue weighted by Crippen LogP contribution is 2.67. The number of ketones is 1. The van der Waals surface area contributed by atoms with Gasteiger partial charge in [-0.25, -0.2) is 0 Å². The van der Waals surface area contributed by atoms with Crippen LogP contribution in [0.5, 0.6) is 0 Å². The van der Waals surface area contributed by atoms with Crippen LogP contribution in [0.2, 0.25) is 0 Å². The van der Waals surface area contributed by atoms with Gasteiger partial charge in [0.25, 0.3) is 0 Å². The first-order valence-electron chi connectivity index (χ1n) is 13.2. The van der Waals surface area contributed by atoms with E-state index < -0.39 is 30.5 Å². The van der Waals surface area contributed by atoms with Gasteiger partial charge in [0.2, 0.25) is 0 Å². The molecule has 0 spiro atoms.